The van der Waals surface area contributed by atoms with Gasteiger partial charge >= 0.3 is 0 Å². The highest BCUT2D eigenvalue weighted by Crippen LogP contribution is 2.25. The molecular weight excluding hydrogens is 214 g/mol. The predicted molar refractivity (Wildman–Crippen MR) is 68.9 cm³/mol. The highest BCUT2D eigenvalue weighted by atomic mass is 16.1. The molecule has 0 spiro atoms. The summed E-state index contributed by atoms with van der Waals surface area (Å²) in [6.07, 6.45) is 6.63. The summed E-state index contributed by atoms with van der Waals surface area (Å²) in [6, 6.07) is 0.677. The molecule has 0 aromatic rings. The summed E-state index contributed by atoms with van der Waals surface area (Å²) in [6.45, 7) is 3.87. The first-order valence-corrected chi connectivity index (χ1v) is 6.94. The Balaban J connectivity index is 1.58. The Hall–Kier alpha value is -0.610. The summed E-state index contributed by atoms with van der Waals surface area (Å²) >= 11 is 0. The molecule has 2 N–H and O–H groups in total. The first-order chi connectivity index (χ1) is 8.28. The van der Waals surface area contributed by atoms with E-state index in [4.69, 9.17) is 0 Å². The van der Waals surface area contributed by atoms with E-state index in [1.807, 2.05) is 0 Å². The normalized spacial score (nSPS) is 23.4. The highest BCUT2D eigenvalue weighted by Gasteiger charge is 2.22. The van der Waals surface area contributed by atoms with E-state index in [9.17, 15) is 4.79 Å². The maximum absolute atomic E-state index is 11.3. The monoisotopic (exact) mass is 239 g/mol. The Morgan fingerprint density at radius 2 is 1.94 bits per heavy atom. The maximum atomic E-state index is 11.3. The Bertz CT molecular complexity index is 245. The predicted octanol–water partition coefficient (Wildman–Crippen LogP) is 0.587. The summed E-state index contributed by atoms with van der Waals surface area (Å²) < 4.78 is 0. The van der Waals surface area contributed by atoms with E-state index in [1.165, 1.54) is 38.6 Å². The van der Waals surface area contributed by atoms with Crippen molar-refractivity contribution in [2.45, 2.75) is 38.1 Å². The molecule has 2 fully saturated rings. The van der Waals surface area contributed by atoms with Gasteiger partial charge in [0, 0.05) is 26.2 Å². The number of likely N-dealkylation sites (N-methyl/N-ethyl adjacent to an activating group) is 1. The van der Waals surface area contributed by atoms with Crippen molar-refractivity contribution in [1.29, 1.82) is 0 Å². The third-order valence-electron chi connectivity index (χ3n) is 4.15. The number of carbonyl (C=O) groups excluding carboxylic acids is 1. The second-order valence-corrected chi connectivity index (χ2v) is 5.43. The Morgan fingerprint density at radius 3 is 2.47 bits per heavy atom. The second kappa shape index (κ2) is 6.36. The minimum Gasteiger partial charge on any atom is -0.358 e. The molecule has 0 radical (unpaired) electrons. The van der Waals surface area contributed by atoms with Crippen LogP contribution < -0.4 is 10.6 Å². The molecule has 1 amide bonds. The van der Waals surface area contributed by atoms with Gasteiger partial charge in [0.2, 0.25) is 5.91 Å². The fraction of sp³-hybridized carbons (Fsp3) is 0.923. The van der Waals surface area contributed by atoms with Gasteiger partial charge in [0.25, 0.3) is 0 Å². The summed E-state index contributed by atoms with van der Waals surface area (Å²) in [5, 5.41) is 6.37. The van der Waals surface area contributed by atoms with Gasteiger partial charge in [0.1, 0.15) is 0 Å². The van der Waals surface area contributed by atoms with Crippen LogP contribution >= 0.6 is 0 Å². The van der Waals surface area contributed by atoms with E-state index in [-0.39, 0.29) is 5.91 Å². The molecule has 1 aliphatic carbocycles. The number of likely N-dealkylation sites (tertiary alicyclic amines) is 1. The van der Waals surface area contributed by atoms with Crippen LogP contribution in [-0.4, -0.2) is 50.1 Å². The summed E-state index contributed by atoms with van der Waals surface area (Å²) in [4.78, 5) is 13.5. The zero-order valence-electron chi connectivity index (χ0n) is 10.9. The van der Waals surface area contributed by atoms with Crippen molar-refractivity contribution in [3.05, 3.63) is 0 Å². The van der Waals surface area contributed by atoms with Crippen molar-refractivity contribution in [2.24, 2.45) is 5.92 Å². The molecule has 1 saturated carbocycles. The van der Waals surface area contributed by atoms with Gasteiger partial charge in [0.15, 0.2) is 0 Å². The lowest BCUT2D eigenvalue weighted by atomic mass is 9.85. The molecule has 1 saturated heterocycles. The molecule has 4 nitrogen and oxygen atoms in total. The standard InChI is InChI=1S/C13H25N3O/c1-14-13(17)10-16-7-5-12(6-8-16)15-9-11-3-2-4-11/h11-12,15H,2-10H2,1H3,(H,14,17). The van der Waals surface area contributed by atoms with Crippen LogP contribution in [0.15, 0.2) is 0 Å². The fourth-order valence-electron chi connectivity index (χ4n) is 2.61. The van der Waals surface area contributed by atoms with E-state index in [1.54, 1.807) is 7.05 Å². The Morgan fingerprint density at radius 1 is 1.24 bits per heavy atom. The molecule has 0 unspecified atom stereocenters. The van der Waals surface area contributed by atoms with Gasteiger partial charge in [-0.25, -0.2) is 0 Å². The number of amides is 1. The molecule has 1 heterocycles. The highest BCUT2D eigenvalue weighted by molar-refractivity contribution is 5.77. The van der Waals surface area contributed by atoms with E-state index >= 15 is 0 Å². The lowest BCUT2D eigenvalue weighted by Crippen LogP contribution is -2.46. The molecule has 0 bridgehead atoms. The third kappa shape index (κ3) is 3.96. The number of nitrogens with zero attached hydrogens (tertiary/aromatic N) is 1. The number of nitrogens with one attached hydrogen (secondary N) is 2. The molecule has 0 aromatic heterocycles. The van der Waals surface area contributed by atoms with Gasteiger partial charge in [0.05, 0.1) is 6.54 Å². The number of carbonyl (C=O) groups is 1. The molecule has 0 aromatic carbocycles. The first kappa shape index (κ1) is 12.8. The molecule has 2 rings (SSSR count). The molecule has 98 valence electrons. The average Bonchev–Trinajstić information content (AvgIpc) is 2.29. The quantitative estimate of drug-likeness (QED) is 0.738. The van der Waals surface area contributed by atoms with Crippen LogP contribution in [0.4, 0.5) is 0 Å². The maximum Gasteiger partial charge on any atom is 0.233 e. The zero-order valence-corrected chi connectivity index (χ0v) is 10.9. The van der Waals surface area contributed by atoms with Gasteiger partial charge in [-0.1, -0.05) is 6.42 Å². The van der Waals surface area contributed by atoms with Crippen molar-refractivity contribution in [1.82, 2.24) is 15.5 Å². The van der Waals surface area contributed by atoms with Gasteiger partial charge in [-0.3, -0.25) is 9.69 Å². The summed E-state index contributed by atoms with van der Waals surface area (Å²) in [5.74, 6) is 1.07. The van der Waals surface area contributed by atoms with Crippen molar-refractivity contribution < 1.29 is 4.79 Å². The third-order valence-corrected chi connectivity index (χ3v) is 4.15. The van der Waals surface area contributed by atoms with Gasteiger partial charge in [-0.05, 0) is 38.1 Å². The minimum atomic E-state index is 0.130. The van der Waals surface area contributed by atoms with Crippen molar-refractivity contribution in [3.8, 4) is 0 Å². The smallest absolute Gasteiger partial charge is 0.233 e. The van der Waals surface area contributed by atoms with Gasteiger partial charge in [-0.15, -0.1) is 0 Å². The molecule has 2 aliphatic rings. The van der Waals surface area contributed by atoms with Crippen LogP contribution in [-0.2, 0) is 4.79 Å². The fourth-order valence-corrected chi connectivity index (χ4v) is 2.61. The average molecular weight is 239 g/mol. The number of rotatable bonds is 5. The molecular formula is C13H25N3O. The van der Waals surface area contributed by atoms with E-state index in [2.05, 4.69) is 15.5 Å². The van der Waals surface area contributed by atoms with E-state index < -0.39 is 0 Å². The van der Waals surface area contributed by atoms with Gasteiger partial charge < -0.3 is 10.6 Å². The largest absolute Gasteiger partial charge is 0.358 e. The van der Waals surface area contributed by atoms with Crippen LogP contribution in [0, 0.1) is 5.92 Å². The van der Waals surface area contributed by atoms with Crippen LogP contribution in [0.3, 0.4) is 0 Å². The zero-order chi connectivity index (χ0) is 12.1. The molecule has 4 heteroatoms. The lowest BCUT2D eigenvalue weighted by molar-refractivity contribution is -0.122. The number of hydrogen-bond donors (Lipinski definition) is 2. The lowest BCUT2D eigenvalue weighted by Gasteiger charge is -2.34. The number of piperidine rings is 1. The SMILES string of the molecule is CNC(=O)CN1CCC(NCC2CCC2)CC1. The Kier molecular flexibility index (Phi) is 4.80. The summed E-state index contributed by atoms with van der Waals surface area (Å²) in [5.41, 5.74) is 0. The van der Waals surface area contributed by atoms with E-state index in [0.29, 0.717) is 12.6 Å². The van der Waals surface area contributed by atoms with Crippen molar-refractivity contribution >= 4 is 5.91 Å². The molecule has 1 aliphatic heterocycles. The van der Waals surface area contributed by atoms with Crippen molar-refractivity contribution in [3.63, 3.8) is 0 Å². The number of hydrogen-bond acceptors (Lipinski definition) is 3. The Labute approximate surface area is 104 Å². The van der Waals surface area contributed by atoms with Crippen LogP contribution in [0.1, 0.15) is 32.1 Å². The molecule has 0 atom stereocenters. The van der Waals surface area contributed by atoms with E-state index in [0.717, 1.165) is 19.0 Å². The molecule has 17 heavy (non-hydrogen) atoms. The van der Waals surface area contributed by atoms with Crippen LogP contribution in [0.25, 0.3) is 0 Å². The van der Waals surface area contributed by atoms with Crippen molar-refractivity contribution in [2.75, 3.05) is 33.2 Å². The van der Waals surface area contributed by atoms with Gasteiger partial charge in [-0.2, -0.15) is 0 Å². The first-order valence-electron chi connectivity index (χ1n) is 6.94. The topological polar surface area (TPSA) is 44.4 Å². The summed E-state index contributed by atoms with van der Waals surface area (Å²) in [7, 11) is 1.70. The van der Waals surface area contributed by atoms with Crippen LogP contribution in [0.2, 0.25) is 0 Å². The van der Waals surface area contributed by atoms with Crippen LogP contribution in [0.5, 0.6) is 0 Å². The minimum absolute atomic E-state index is 0.130. The second-order valence-electron chi connectivity index (χ2n) is 5.43.